The summed E-state index contributed by atoms with van der Waals surface area (Å²) in [6.07, 6.45) is 0. The van der Waals surface area contributed by atoms with E-state index in [4.69, 9.17) is 9.47 Å². The van der Waals surface area contributed by atoms with Crippen LogP contribution in [-0.2, 0) is 4.79 Å². The molecule has 0 fully saturated rings. The Labute approximate surface area is 114 Å². The molecule has 0 aliphatic heterocycles. The summed E-state index contributed by atoms with van der Waals surface area (Å²) in [5, 5.41) is 3.09. The van der Waals surface area contributed by atoms with Crippen LogP contribution in [-0.4, -0.2) is 44.7 Å². The van der Waals surface area contributed by atoms with Crippen molar-refractivity contribution in [2.75, 3.05) is 39.2 Å². The third-order valence-corrected chi connectivity index (χ3v) is 2.95. The van der Waals surface area contributed by atoms with E-state index < -0.39 is 0 Å². The van der Waals surface area contributed by atoms with Gasteiger partial charge in [-0.25, -0.2) is 0 Å². The van der Waals surface area contributed by atoms with E-state index in [2.05, 4.69) is 5.32 Å². The van der Waals surface area contributed by atoms with Crippen LogP contribution in [0.25, 0.3) is 0 Å². The topological polar surface area (TPSA) is 50.8 Å². The first-order valence-electron chi connectivity index (χ1n) is 6.39. The summed E-state index contributed by atoms with van der Waals surface area (Å²) in [5.74, 6) is 1.45. The van der Waals surface area contributed by atoms with Crippen molar-refractivity contribution in [2.45, 2.75) is 13.8 Å². The molecular weight excluding hydrogens is 244 g/mol. The largest absolute Gasteiger partial charge is 0.497 e. The highest BCUT2D eigenvalue weighted by molar-refractivity contribution is 5.81. The minimum absolute atomic E-state index is 0.0721. The summed E-state index contributed by atoms with van der Waals surface area (Å²) < 4.78 is 10.4. The Hall–Kier alpha value is -1.91. The molecule has 0 spiro atoms. The van der Waals surface area contributed by atoms with E-state index in [1.165, 1.54) is 0 Å². The second-order valence-corrected chi connectivity index (χ2v) is 3.99. The van der Waals surface area contributed by atoms with Gasteiger partial charge < -0.3 is 19.7 Å². The predicted octanol–water partition coefficient (Wildman–Crippen LogP) is 1.98. The van der Waals surface area contributed by atoms with Gasteiger partial charge in [0.05, 0.1) is 26.5 Å². The molecule has 0 unspecified atom stereocenters. The fourth-order valence-electron chi connectivity index (χ4n) is 1.80. The molecule has 0 saturated carbocycles. The number of hydrogen-bond acceptors (Lipinski definition) is 4. The predicted molar refractivity (Wildman–Crippen MR) is 76.0 cm³/mol. The van der Waals surface area contributed by atoms with Gasteiger partial charge in [0.2, 0.25) is 5.91 Å². The maximum absolute atomic E-state index is 11.9. The van der Waals surface area contributed by atoms with Crippen LogP contribution in [0.1, 0.15) is 13.8 Å². The second kappa shape index (κ2) is 7.51. The van der Waals surface area contributed by atoms with Gasteiger partial charge in [0.1, 0.15) is 11.5 Å². The summed E-state index contributed by atoms with van der Waals surface area (Å²) in [5.41, 5.74) is 0.781. The highest BCUT2D eigenvalue weighted by Crippen LogP contribution is 2.28. The Morgan fingerprint density at radius 1 is 1.21 bits per heavy atom. The van der Waals surface area contributed by atoms with Gasteiger partial charge in [0.25, 0.3) is 0 Å². The lowest BCUT2D eigenvalue weighted by Crippen LogP contribution is -2.35. The second-order valence-electron chi connectivity index (χ2n) is 3.99. The molecule has 0 aliphatic rings. The number of methoxy groups -OCH3 is 2. The van der Waals surface area contributed by atoms with Crippen LogP contribution < -0.4 is 14.8 Å². The molecule has 106 valence electrons. The van der Waals surface area contributed by atoms with Crippen LogP contribution in [0.5, 0.6) is 11.5 Å². The van der Waals surface area contributed by atoms with E-state index in [9.17, 15) is 4.79 Å². The molecule has 1 aromatic rings. The number of carbonyl (C=O) groups excluding carboxylic acids is 1. The van der Waals surface area contributed by atoms with E-state index >= 15 is 0 Å². The van der Waals surface area contributed by atoms with Gasteiger partial charge in [-0.05, 0) is 26.0 Å². The zero-order chi connectivity index (χ0) is 14.3. The lowest BCUT2D eigenvalue weighted by molar-refractivity contribution is -0.128. The summed E-state index contributed by atoms with van der Waals surface area (Å²) in [7, 11) is 3.19. The van der Waals surface area contributed by atoms with Crippen molar-refractivity contribution in [3.63, 3.8) is 0 Å². The van der Waals surface area contributed by atoms with Gasteiger partial charge in [-0.15, -0.1) is 0 Å². The van der Waals surface area contributed by atoms with Crippen molar-refractivity contribution in [3.05, 3.63) is 18.2 Å². The molecule has 5 heteroatoms. The number of nitrogens with zero attached hydrogens (tertiary/aromatic N) is 1. The summed E-state index contributed by atoms with van der Waals surface area (Å²) in [6.45, 7) is 5.63. The van der Waals surface area contributed by atoms with Crippen molar-refractivity contribution >= 4 is 11.6 Å². The van der Waals surface area contributed by atoms with Crippen LogP contribution in [0.15, 0.2) is 18.2 Å². The third kappa shape index (κ3) is 4.05. The average molecular weight is 266 g/mol. The normalized spacial score (nSPS) is 9.89. The quantitative estimate of drug-likeness (QED) is 0.820. The molecule has 1 rings (SSSR count). The first-order valence-corrected chi connectivity index (χ1v) is 6.39. The van der Waals surface area contributed by atoms with Crippen molar-refractivity contribution < 1.29 is 14.3 Å². The van der Waals surface area contributed by atoms with Gasteiger partial charge >= 0.3 is 0 Å². The summed E-state index contributed by atoms with van der Waals surface area (Å²) >= 11 is 0. The zero-order valence-corrected chi connectivity index (χ0v) is 12.0. The maximum Gasteiger partial charge on any atom is 0.241 e. The average Bonchev–Trinajstić information content (AvgIpc) is 2.46. The number of anilines is 1. The number of hydrogen-bond donors (Lipinski definition) is 1. The Morgan fingerprint density at radius 3 is 2.42 bits per heavy atom. The van der Waals surface area contributed by atoms with E-state index in [0.717, 1.165) is 24.5 Å². The lowest BCUT2D eigenvalue weighted by atomic mass is 10.2. The summed E-state index contributed by atoms with van der Waals surface area (Å²) in [4.78, 5) is 13.7. The molecule has 1 aromatic carbocycles. The molecule has 0 atom stereocenters. The van der Waals surface area contributed by atoms with Crippen molar-refractivity contribution in [2.24, 2.45) is 0 Å². The maximum atomic E-state index is 11.9. The zero-order valence-electron chi connectivity index (χ0n) is 12.0. The molecule has 0 aliphatic carbocycles. The smallest absolute Gasteiger partial charge is 0.241 e. The first kappa shape index (κ1) is 15.1. The SMILES string of the molecule is CCN(CC)C(=O)CNc1ccc(OC)cc1OC. The van der Waals surface area contributed by atoms with Crippen LogP contribution >= 0.6 is 0 Å². The first-order chi connectivity index (χ1) is 9.15. The molecule has 0 saturated heterocycles. The molecule has 1 N–H and O–H groups in total. The Bertz CT molecular complexity index is 417. The third-order valence-electron chi connectivity index (χ3n) is 2.95. The fourth-order valence-corrected chi connectivity index (χ4v) is 1.80. The minimum atomic E-state index is 0.0721. The van der Waals surface area contributed by atoms with Crippen LogP contribution in [0.4, 0.5) is 5.69 Å². The number of nitrogens with one attached hydrogen (secondary N) is 1. The highest BCUT2D eigenvalue weighted by atomic mass is 16.5. The van der Waals surface area contributed by atoms with Gasteiger partial charge in [-0.1, -0.05) is 0 Å². The van der Waals surface area contributed by atoms with Crippen molar-refractivity contribution in [3.8, 4) is 11.5 Å². The number of benzene rings is 1. The molecule has 19 heavy (non-hydrogen) atoms. The number of ether oxygens (including phenoxy) is 2. The fraction of sp³-hybridized carbons (Fsp3) is 0.500. The van der Waals surface area contributed by atoms with E-state index in [-0.39, 0.29) is 12.5 Å². The van der Waals surface area contributed by atoms with Gasteiger partial charge in [-0.2, -0.15) is 0 Å². The molecule has 1 amide bonds. The molecule has 0 aromatic heterocycles. The van der Waals surface area contributed by atoms with Crippen LogP contribution in [0.2, 0.25) is 0 Å². The molecule has 0 radical (unpaired) electrons. The standard InChI is InChI=1S/C14H22N2O3/c1-5-16(6-2)14(17)10-15-12-8-7-11(18-3)9-13(12)19-4/h7-9,15H,5-6,10H2,1-4H3. The molecule has 0 heterocycles. The number of rotatable bonds is 7. The molecular formula is C14H22N2O3. The van der Waals surface area contributed by atoms with E-state index in [1.54, 1.807) is 25.2 Å². The Balaban J connectivity index is 2.69. The Morgan fingerprint density at radius 2 is 1.89 bits per heavy atom. The van der Waals surface area contributed by atoms with Crippen molar-refractivity contribution in [1.82, 2.24) is 4.90 Å². The monoisotopic (exact) mass is 266 g/mol. The molecule has 0 bridgehead atoms. The number of likely N-dealkylation sites (N-methyl/N-ethyl adjacent to an activating group) is 1. The van der Waals surface area contributed by atoms with Crippen LogP contribution in [0.3, 0.4) is 0 Å². The van der Waals surface area contributed by atoms with Gasteiger partial charge in [-0.3, -0.25) is 4.79 Å². The van der Waals surface area contributed by atoms with Gasteiger partial charge in [0.15, 0.2) is 0 Å². The lowest BCUT2D eigenvalue weighted by Gasteiger charge is -2.19. The van der Waals surface area contributed by atoms with E-state index in [1.807, 2.05) is 26.0 Å². The number of carbonyl (C=O) groups is 1. The number of amides is 1. The molecule has 5 nitrogen and oxygen atoms in total. The summed E-state index contributed by atoms with van der Waals surface area (Å²) in [6, 6.07) is 5.45. The van der Waals surface area contributed by atoms with Crippen LogP contribution in [0, 0.1) is 0 Å². The van der Waals surface area contributed by atoms with E-state index in [0.29, 0.717) is 5.75 Å². The highest BCUT2D eigenvalue weighted by Gasteiger charge is 2.11. The Kier molecular flexibility index (Phi) is 5.99. The van der Waals surface area contributed by atoms with Crippen molar-refractivity contribution in [1.29, 1.82) is 0 Å². The minimum Gasteiger partial charge on any atom is -0.497 e. The van der Waals surface area contributed by atoms with Gasteiger partial charge in [0, 0.05) is 19.2 Å².